The summed E-state index contributed by atoms with van der Waals surface area (Å²) in [6.45, 7) is 3.19. The fourth-order valence-corrected chi connectivity index (χ4v) is 2.44. The third kappa shape index (κ3) is 3.73. The molecule has 0 bridgehead atoms. The number of hydrogen-bond acceptors (Lipinski definition) is 6. The van der Waals surface area contributed by atoms with E-state index in [2.05, 4.69) is 20.6 Å². The molecular weight excluding hydrogens is 280 g/mol. The first-order valence-corrected chi connectivity index (χ1v) is 7.55. The van der Waals surface area contributed by atoms with Gasteiger partial charge in [0.05, 0.1) is 31.2 Å². The molecule has 1 aliphatic rings. The summed E-state index contributed by atoms with van der Waals surface area (Å²) in [5.41, 5.74) is 1.99. The van der Waals surface area contributed by atoms with Crippen LogP contribution in [0.5, 0.6) is 0 Å². The molecule has 3 heterocycles. The van der Waals surface area contributed by atoms with Gasteiger partial charge in [0.25, 0.3) is 0 Å². The lowest BCUT2D eigenvalue weighted by Crippen LogP contribution is -2.11. The molecule has 1 atom stereocenters. The lowest BCUT2D eigenvalue weighted by atomic mass is 10.1. The second kappa shape index (κ2) is 6.74. The summed E-state index contributed by atoms with van der Waals surface area (Å²) in [6, 6.07) is 4.00. The Morgan fingerprint density at radius 1 is 1.41 bits per heavy atom. The van der Waals surface area contributed by atoms with Crippen LogP contribution in [0.15, 0.2) is 24.5 Å². The Balaban J connectivity index is 1.51. The number of pyridine rings is 1. The number of anilines is 2. The van der Waals surface area contributed by atoms with E-state index in [9.17, 15) is 0 Å². The van der Waals surface area contributed by atoms with Gasteiger partial charge in [0, 0.05) is 33.2 Å². The van der Waals surface area contributed by atoms with Crippen molar-refractivity contribution in [1.82, 2.24) is 20.0 Å². The van der Waals surface area contributed by atoms with E-state index >= 15 is 0 Å². The highest BCUT2D eigenvalue weighted by atomic mass is 16.5. The lowest BCUT2D eigenvalue weighted by Gasteiger charge is -2.12. The van der Waals surface area contributed by atoms with Gasteiger partial charge in [0.1, 0.15) is 11.5 Å². The normalized spacial score (nSPS) is 17.6. The van der Waals surface area contributed by atoms with Crippen LogP contribution < -0.4 is 10.2 Å². The molecule has 0 radical (unpaired) electrons. The molecule has 0 aromatic carbocycles. The second-order valence-corrected chi connectivity index (χ2v) is 5.81. The zero-order valence-electron chi connectivity index (χ0n) is 13.1. The first-order chi connectivity index (χ1) is 10.7. The fourth-order valence-electron chi connectivity index (χ4n) is 2.44. The van der Waals surface area contributed by atoms with Crippen molar-refractivity contribution >= 4 is 11.5 Å². The molecule has 7 heteroatoms. The van der Waals surface area contributed by atoms with Crippen molar-refractivity contribution in [2.45, 2.75) is 19.5 Å². The van der Waals surface area contributed by atoms with Crippen molar-refractivity contribution < 1.29 is 4.74 Å². The van der Waals surface area contributed by atoms with Crippen molar-refractivity contribution in [3.8, 4) is 0 Å². The summed E-state index contributed by atoms with van der Waals surface area (Å²) in [5, 5.41) is 11.6. The van der Waals surface area contributed by atoms with Crippen LogP contribution in [0, 0.1) is 5.92 Å². The summed E-state index contributed by atoms with van der Waals surface area (Å²) < 4.78 is 7.28. The quantitative estimate of drug-likeness (QED) is 0.869. The van der Waals surface area contributed by atoms with Gasteiger partial charge in [0.15, 0.2) is 0 Å². The molecule has 0 aliphatic carbocycles. The molecule has 1 N–H and O–H groups in total. The average Bonchev–Trinajstić information content (AvgIpc) is 3.18. The molecule has 118 valence electrons. The van der Waals surface area contributed by atoms with Crippen LogP contribution in [0.3, 0.4) is 0 Å². The maximum absolute atomic E-state index is 5.38. The maximum Gasteiger partial charge on any atom is 0.126 e. The van der Waals surface area contributed by atoms with E-state index in [1.165, 1.54) is 0 Å². The van der Waals surface area contributed by atoms with Crippen LogP contribution in [0.25, 0.3) is 0 Å². The summed E-state index contributed by atoms with van der Waals surface area (Å²) >= 11 is 0. The van der Waals surface area contributed by atoms with E-state index in [1.807, 2.05) is 48.2 Å². The monoisotopic (exact) mass is 302 g/mol. The third-order valence-corrected chi connectivity index (χ3v) is 3.77. The van der Waals surface area contributed by atoms with Crippen molar-refractivity contribution in [1.29, 1.82) is 0 Å². The first-order valence-electron chi connectivity index (χ1n) is 7.55. The largest absolute Gasteiger partial charge is 0.381 e. The van der Waals surface area contributed by atoms with E-state index in [1.54, 1.807) is 0 Å². The Morgan fingerprint density at radius 2 is 2.32 bits per heavy atom. The van der Waals surface area contributed by atoms with Gasteiger partial charge in [-0.25, -0.2) is 4.98 Å². The van der Waals surface area contributed by atoms with Crippen LogP contribution in [0.2, 0.25) is 0 Å². The Kier molecular flexibility index (Phi) is 4.53. The molecule has 0 saturated carbocycles. The van der Waals surface area contributed by atoms with Crippen molar-refractivity contribution in [3.05, 3.63) is 30.2 Å². The van der Waals surface area contributed by atoms with Crippen LogP contribution in [0.4, 0.5) is 11.5 Å². The minimum atomic E-state index is 0.558. The molecule has 2 aromatic rings. The molecule has 1 aliphatic heterocycles. The third-order valence-electron chi connectivity index (χ3n) is 3.77. The van der Waals surface area contributed by atoms with Crippen LogP contribution in [-0.4, -0.2) is 47.3 Å². The van der Waals surface area contributed by atoms with E-state index in [4.69, 9.17) is 4.74 Å². The number of nitrogens with one attached hydrogen (secondary N) is 1. The zero-order chi connectivity index (χ0) is 15.4. The highest BCUT2D eigenvalue weighted by Crippen LogP contribution is 2.15. The van der Waals surface area contributed by atoms with Gasteiger partial charge in [-0.2, -0.15) is 0 Å². The molecule has 7 nitrogen and oxygen atoms in total. The maximum atomic E-state index is 5.38. The number of rotatable bonds is 6. The lowest BCUT2D eigenvalue weighted by molar-refractivity contribution is 0.181. The summed E-state index contributed by atoms with van der Waals surface area (Å²) in [4.78, 5) is 6.40. The fraction of sp³-hybridized carbons (Fsp3) is 0.533. The van der Waals surface area contributed by atoms with Gasteiger partial charge in [-0.1, -0.05) is 5.21 Å². The molecule has 0 spiro atoms. The molecule has 2 aromatic heterocycles. The zero-order valence-corrected chi connectivity index (χ0v) is 13.1. The van der Waals surface area contributed by atoms with Gasteiger partial charge < -0.3 is 15.0 Å². The van der Waals surface area contributed by atoms with E-state index in [0.717, 1.165) is 43.4 Å². The predicted molar refractivity (Wildman–Crippen MR) is 84.8 cm³/mol. The number of hydrogen-bond donors (Lipinski definition) is 1. The SMILES string of the molecule is CN(C)c1ccc(NCc2cn(CC3CCOC3)nn2)nc1. The second-order valence-electron chi connectivity index (χ2n) is 5.81. The minimum Gasteiger partial charge on any atom is -0.381 e. The Hall–Kier alpha value is -2.15. The van der Waals surface area contributed by atoms with Crippen molar-refractivity contribution in [2.75, 3.05) is 37.5 Å². The molecule has 1 fully saturated rings. The van der Waals surface area contributed by atoms with Crippen LogP contribution in [-0.2, 0) is 17.8 Å². The average molecular weight is 302 g/mol. The highest BCUT2D eigenvalue weighted by Gasteiger charge is 2.16. The number of aromatic nitrogens is 4. The summed E-state index contributed by atoms with van der Waals surface area (Å²) in [5.74, 6) is 1.40. The molecule has 3 rings (SSSR count). The Bertz CT molecular complexity index is 588. The van der Waals surface area contributed by atoms with Gasteiger partial charge >= 0.3 is 0 Å². The number of nitrogens with zero attached hydrogens (tertiary/aromatic N) is 5. The smallest absolute Gasteiger partial charge is 0.126 e. The van der Waals surface area contributed by atoms with E-state index < -0.39 is 0 Å². The van der Waals surface area contributed by atoms with Gasteiger partial charge in [-0.05, 0) is 18.6 Å². The van der Waals surface area contributed by atoms with Gasteiger partial charge in [-0.3, -0.25) is 4.68 Å². The molecule has 0 amide bonds. The summed E-state index contributed by atoms with van der Waals surface area (Å²) in [7, 11) is 4.00. The Morgan fingerprint density at radius 3 is 3.00 bits per heavy atom. The predicted octanol–water partition coefficient (Wildman–Crippen LogP) is 1.39. The van der Waals surface area contributed by atoms with Crippen molar-refractivity contribution in [3.63, 3.8) is 0 Å². The van der Waals surface area contributed by atoms with Gasteiger partial charge in [0.2, 0.25) is 0 Å². The highest BCUT2D eigenvalue weighted by molar-refractivity contribution is 5.48. The molecule has 1 unspecified atom stereocenters. The van der Waals surface area contributed by atoms with E-state index in [0.29, 0.717) is 12.5 Å². The van der Waals surface area contributed by atoms with Crippen molar-refractivity contribution in [2.24, 2.45) is 5.92 Å². The summed E-state index contributed by atoms with van der Waals surface area (Å²) in [6.07, 6.45) is 4.94. The first kappa shape index (κ1) is 14.8. The molecular formula is C15H22N6O. The van der Waals surface area contributed by atoms with Crippen LogP contribution in [0.1, 0.15) is 12.1 Å². The topological polar surface area (TPSA) is 68.1 Å². The molecule has 1 saturated heterocycles. The Labute approximate surface area is 130 Å². The number of ether oxygens (including phenoxy) is 1. The van der Waals surface area contributed by atoms with Crippen LogP contribution >= 0.6 is 0 Å². The molecule has 22 heavy (non-hydrogen) atoms. The standard InChI is InChI=1S/C15H22N6O/c1-20(2)14-3-4-15(17-8-14)16-7-13-10-21(19-18-13)9-12-5-6-22-11-12/h3-4,8,10,12H,5-7,9,11H2,1-2H3,(H,16,17). The minimum absolute atomic E-state index is 0.558. The van der Waals surface area contributed by atoms with E-state index in [-0.39, 0.29) is 0 Å². The van der Waals surface area contributed by atoms with Gasteiger partial charge in [-0.15, -0.1) is 5.10 Å².